The molecule has 222 valence electrons. The van der Waals surface area contributed by atoms with Crippen LogP contribution in [0.2, 0.25) is 0 Å². The quantitative estimate of drug-likeness (QED) is 0.285. The predicted octanol–water partition coefficient (Wildman–Crippen LogP) is 3.91. The van der Waals surface area contributed by atoms with Crippen molar-refractivity contribution < 1.29 is 33.3 Å². The molecule has 0 radical (unpaired) electrons. The lowest BCUT2D eigenvalue weighted by Gasteiger charge is -2.26. The topological polar surface area (TPSA) is 115 Å². The second kappa shape index (κ2) is 13.8. The molecule has 0 spiro atoms. The van der Waals surface area contributed by atoms with Gasteiger partial charge in [-0.25, -0.2) is 14.6 Å². The van der Waals surface area contributed by atoms with Gasteiger partial charge in [0.15, 0.2) is 22.9 Å². The molecule has 10 nitrogen and oxygen atoms in total. The number of carbonyl (C=O) groups excluding carboxylic acids is 2. The summed E-state index contributed by atoms with van der Waals surface area (Å²) in [5, 5.41) is 0. The molecule has 0 bridgehead atoms. The predicted molar refractivity (Wildman–Crippen MR) is 161 cm³/mol. The van der Waals surface area contributed by atoms with Crippen LogP contribution in [0.3, 0.4) is 0 Å². The minimum atomic E-state index is -0.833. The highest BCUT2D eigenvalue weighted by atomic mass is 79.9. The highest BCUT2D eigenvalue weighted by Crippen LogP contribution is 2.41. The molecule has 1 aliphatic rings. The lowest BCUT2D eigenvalue weighted by Crippen LogP contribution is -2.40. The zero-order chi connectivity index (χ0) is 30.4. The maximum atomic E-state index is 13.9. The number of allylic oxidation sites excluding steroid dienone is 1. The second-order valence-electron chi connectivity index (χ2n) is 8.92. The van der Waals surface area contributed by atoms with Crippen molar-refractivity contribution in [3.8, 4) is 17.2 Å². The molecule has 4 rings (SSSR count). The summed E-state index contributed by atoms with van der Waals surface area (Å²) in [6.45, 7) is 7.73. The standard InChI is InChI=1S/C30H31BrN2O8S/c1-6-38-23-15-21(31)20(14-22(23)37-5)27-26(29(36)40-8-3)17(4)32-30-33(27)28(35)24(42-30)13-18-9-11-19(12-10-18)41-16-25(34)39-7-2/h9-15,27H,6-8,16H2,1-5H3/b24-13+/t27-/m0/s1. The average molecular weight is 660 g/mol. The number of thiazole rings is 1. The van der Waals surface area contributed by atoms with Crippen LogP contribution < -0.4 is 29.1 Å². The maximum absolute atomic E-state index is 13.9. The number of fused-ring (bicyclic) bond motifs is 1. The summed E-state index contributed by atoms with van der Waals surface area (Å²) in [7, 11) is 1.53. The van der Waals surface area contributed by atoms with Gasteiger partial charge in [0.1, 0.15) is 5.75 Å². The van der Waals surface area contributed by atoms with Crippen LogP contribution in [0.1, 0.15) is 44.9 Å². The summed E-state index contributed by atoms with van der Waals surface area (Å²) >= 11 is 4.84. The van der Waals surface area contributed by atoms with Gasteiger partial charge >= 0.3 is 11.9 Å². The van der Waals surface area contributed by atoms with Crippen LogP contribution in [-0.2, 0) is 19.1 Å². The van der Waals surface area contributed by atoms with Crippen LogP contribution in [0.25, 0.3) is 6.08 Å². The fraction of sp³-hybridized carbons (Fsp3) is 0.333. The normalized spacial score (nSPS) is 14.6. The van der Waals surface area contributed by atoms with E-state index in [1.807, 2.05) is 6.92 Å². The van der Waals surface area contributed by atoms with Gasteiger partial charge < -0.3 is 23.7 Å². The van der Waals surface area contributed by atoms with Crippen LogP contribution in [0.4, 0.5) is 0 Å². The van der Waals surface area contributed by atoms with Crippen molar-refractivity contribution in [2.24, 2.45) is 4.99 Å². The number of halogens is 1. The third kappa shape index (κ3) is 6.60. The highest BCUT2D eigenvalue weighted by molar-refractivity contribution is 9.10. The van der Waals surface area contributed by atoms with E-state index in [0.717, 1.165) is 5.56 Å². The van der Waals surface area contributed by atoms with Crippen molar-refractivity contribution in [2.75, 3.05) is 33.5 Å². The van der Waals surface area contributed by atoms with Crippen molar-refractivity contribution >= 4 is 45.3 Å². The van der Waals surface area contributed by atoms with Crippen molar-refractivity contribution in [3.05, 3.63) is 83.0 Å². The Labute approximate surface area is 255 Å². The third-order valence-corrected chi connectivity index (χ3v) is 7.90. The lowest BCUT2D eigenvalue weighted by atomic mass is 9.95. The van der Waals surface area contributed by atoms with Gasteiger partial charge in [-0.2, -0.15) is 0 Å². The number of methoxy groups -OCH3 is 1. The van der Waals surface area contributed by atoms with Crippen LogP contribution in [-0.4, -0.2) is 50.0 Å². The number of carbonyl (C=O) groups is 2. The van der Waals surface area contributed by atoms with Crippen molar-refractivity contribution in [3.63, 3.8) is 0 Å². The zero-order valence-corrected chi connectivity index (χ0v) is 26.3. The fourth-order valence-corrected chi connectivity index (χ4v) is 6.02. The Morgan fingerprint density at radius 3 is 2.38 bits per heavy atom. The van der Waals surface area contributed by atoms with E-state index >= 15 is 0 Å². The molecule has 1 atom stereocenters. The number of benzene rings is 2. The molecule has 0 N–H and O–H groups in total. The Morgan fingerprint density at radius 1 is 1.02 bits per heavy atom. The molecule has 0 amide bonds. The molecule has 0 aliphatic carbocycles. The first-order valence-corrected chi connectivity index (χ1v) is 14.9. The second-order valence-corrected chi connectivity index (χ2v) is 10.8. The smallest absolute Gasteiger partial charge is 0.344 e. The summed E-state index contributed by atoms with van der Waals surface area (Å²) < 4.78 is 29.6. The van der Waals surface area contributed by atoms with E-state index in [1.165, 1.54) is 23.0 Å². The largest absolute Gasteiger partial charge is 0.493 e. The molecular formula is C30H31BrN2O8S. The van der Waals surface area contributed by atoms with Gasteiger partial charge in [-0.15, -0.1) is 0 Å². The molecule has 0 saturated carbocycles. The summed E-state index contributed by atoms with van der Waals surface area (Å²) in [6.07, 6.45) is 1.74. The monoisotopic (exact) mass is 658 g/mol. The number of aromatic nitrogens is 1. The SMILES string of the molecule is CCOC(=O)COc1ccc(/C=c2/sc3n(c2=O)[C@@H](c2cc(OC)c(OCC)cc2Br)C(C(=O)OCC)=C(C)N=3)cc1. The summed E-state index contributed by atoms with van der Waals surface area (Å²) in [4.78, 5) is 43.8. The van der Waals surface area contributed by atoms with Crippen molar-refractivity contribution in [1.82, 2.24) is 4.57 Å². The Morgan fingerprint density at radius 2 is 1.74 bits per heavy atom. The van der Waals surface area contributed by atoms with Gasteiger partial charge in [0, 0.05) is 4.47 Å². The van der Waals surface area contributed by atoms with Gasteiger partial charge in [-0.3, -0.25) is 9.36 Å². The number of esters is 2. The maximum Gasteiger partial charge on any atom is 0.344 e. The molecular weight excluding hydrogens is 628 g/mol. The van der Waals surface area contributed by atoms with E-state index in [0.29, 0.717) is 48.9 Å². The minimum absolute atomic E-state index is 0.167. The molecule has 2 heterocycles. The molecule has 0 saturated heterocycles. The van der Waals surface area contributed by atoms with Gasteiger partial charge in [-0.05, 0) is 69.2 Å². The third-order valence-electron chi connectivity index (χ3n) is 6.23. The van der Waals surface area contributed by atoms with Gasteiger partial charge in [0.05, 0.1) is 48.8 Å². The molecule has 0 unspecified atom stereocenters. The fourth-order valence-electron chi connectivity index (χ4n) is 4.43. The Bertz CT molecular complexity index is 1690. The van der Waals surface area contributed by atoms with Gasteiger partial charge in [-0.1, -0.05) is 39.4 Å². The lowest BCUT2D eigenvalue weighted by molar-refractivity contribution is -0.145. The highest BCUT2D eigenvalue weighted by Gasteiger charge is 2.35. The molecule has 1 aromatic heterocycles. The van der Waals surface area contributed by atoms with E-state index in [9.17, 15) is 14.4 Å². The molecule has 42 heavy (non-hydrogen) atoms. The molecule has 3 aromatic rings. The molecule has 1 aliphatic heterocycles. The van der Waals surface area contributed by atoms with Crippen LogP contribution in [0, 0.1) is 0 Å². The van der Waals surface area contributed by atoms with E-state index in [1.54, 1.807) is 63.2 Å². The summed E-state index contributed by atoms with van der Waals surface area (Å²) in [5.41, 5.74) is 1.74. The molecule has 0 fully saturated rings. The number of ether oxygens (including phenoxy) is 5. The summed E-state index contributed by atoms with van der Waals surface area (Å²) in [5.74, 6) is 0.463. The minimum Gasteiger partial charge on any atom is -0.493 e. The van der Waals surface area contributed by atoms with Gasteiger partial charge in [0.2, 0.25) is 0 Å². The first kappa shape index (κ1) is 31.0. The first-order valence-electron chi connectivity index (χ1n) is 13.3. The first-order chi connectivity index (χ1) is 20.2. The van der Waals surface area contributed by atoms with Crippen LogP contribution in [0.5, 0.6) is 17.2 Å². The Kier molecular flexibility index (Phi) is 10.2. The van der Waals surface area contributed by atoms with Crippen molar-refractivity contribution in [1.29, 1.82) is 0 Å². The Balaban J connectivity index is 1.81. The van der Waals surface area contributed by atoms with E-state index in [-0.39, 0.29) is 31.0 Å². The Hall–Kier alpha value is -3.90. The van der Waals surface area contributed by atoms with E-state index < -0.39 is 18.0 Å². The number of rotatable bonds is 11. The number of hydrogen-bond donors (Lipinski definition) is 0. The molecule has 12 heteroatoms. The van der Waals surface area contributed by atoms with Crippen molar-refractivity contribution in [2.45, 2.75) is 33.7 Å². The van der Waals surface area contributed by atoms with Gasteiger partial charge in [0.25, 0.3) is 5.56 Å². The number of hydrogen-bond acceptors (Lipinski definition) is 10. The van der Waals surface area contributed by atoms with E-state index in [4.69, 9.17) is 23.7 Å². The zero-order valence-electron chi connectivity index (χ0n) is 23.9. The van der Waals surface area contributed by atoms with E-state index in [2.05, 4.69) is 20.9 Å². The summed E-state index contributed by atoms with van der Waals surface area (Å²) in [6, 6.07) is 9.65. The molecule has 2 aromatic carbocycles. The average Bonchev–Trinajstić information content (AvgIpc) is 3.26. The van der Waals surface area contributed by atoms with Crippen LogP contribution >= 0.6 is 27.3 Å². The van der Waals surface area contributed by atoms with Crippen LogP contribution in [0.15, 0.2) is 61.9 Å². The number of nitrogens with zero attached hydrogens (tertiary/aromatic N) is 2.